The van der Waals surface area contributed by atoms with E-state index in [-0.39, 0.29) is 17.4 Å². The highest BCUT2D eigenvalue weighted by Crippen LogP contribution is 2.28. The van der Waals surface area contributed by atoms with Crippen molar-refractivity contribution >= 4 is 23.5 Å². The Morgan fingerprint density at radius 2 is 1.89 bits per heavy atom. The molecule has 0 fully saturated rings. The molecule has 3 atom stereocenters. The third-order valence-electron chi connectivity index (χ3n) is 4.25. The highest BCUT2D eigenvalue weighted by atomic mass is 35.5. The fraction of sp³-hybridized carbons (Fsp3) is 0.368. The van der Waals surface area contributed by atoms with Gasteiger partial charge in [-0.15, -0.1) is 0 Å². The number of carbonyl (C=O) groups is 2. The van der Waals surface area contributed by atoms with Gasteiger partial charge in [0, 0.05) is 24.4 Å². The molecule has 8 nitrogen and oxygen atoms in total. The van der Waals surface area contributed by atoms with Gasteiger partial charge in [-0.25, -0.2) is 9.78 Å². The van der Waals surface area contributed by atoms with Gasteiger partial charge in [0.1, 0.15) is 12.1 Å². The average Bonchev–Trinajstić information content (AvgIpc) is 2.67. The van der Waals surface area contributed by atoms with E-state index in [9.17, 15) is 14.7 Å². The van der Waals surface area contributed by atoms with Crippen molar-refractivity contribution < 1.29 is 24.2 Å². The van der Waals surface area contributed by atoms with Crippen LogP contribution in [0.25, 0.3) is 0 Å². The zero-order valence-electron chi connectivity index (χ0n) is 16.0. The van der Waals surface area contributed by atoms with E-state index >= 15 is 0 Å². The van der Waals surface area contributed by atoms with E-state index in [4.69, 9.17) is 21.1 Å². The molecule has 2 aromatic rings. The molecule has 0 radical (unpaired) electrons. The fourth-order valence-corrected chi connectivity index (χ4v) is 2.73. The van der Waals surface area contributed by atoms with Crippen LogP contribution in [0, 0.1) is 0 Å². The van der Waals surface area contributed by atoms with E-state index in [1.165, 1.54) is 26.3 Å². The maximum Gasteiger partial charge on any atom is 0.328 e. The number of hydrogen-bond donors (Lipinski definition) is 2. The number of nitrogens with zero attached hydrogens (tertiary/aromatic N) is 2. The minimum absolute atomic E-state index is 0.102. The minimum atomic E-state index is -0.964. The molecule has 0 aliphatic heterocycles. The number of hydrogen-bond acceptors (Lipinski definition) is 7. The van der Waals surface area contributed by atoms with Crippen LogP contribution >= 0.6 is 11.6 Å². The number of pyridine rings is 2. The standard InChI is InChI=1S/C19H22ClN3O5/c1-10(15-13(20)6-5-8-21-15)12(3)28-19(26)11(2)23-18(25)16-17(24)14(27-4)7-9-22-16/h5-12,24H,1-4H3,(H,23,25)/t10-,11+,12+/m1/s1. The van der Waals surface area contributed by atoms with Crippen LogP contribution in [0.1, 0.15) is 42.9 Å². The van der Waals surface area contributed by atoms with Gasteiger partial charge >= 0.3 is 5.97 Å². The Morgan fingerprint density at radius 3 is 2.54 bits per heavy atom. The van der Waals surface area contributed by atoms with Crippen molar-refractivity contribution in [2.24, 2.45) is 0 Å². The smallest absolute Gasteiger partial charge is 0.328 e. The van der Waals surface area contributed by atoms with Gasteiger partial charge in [0.05, 0.1) is 17.8 Å². The zero-order chi connectivity index (χ0) is 20.8. The van der Waals surface area contributed by atoms with Crippen molar-refractivity contribution in [1.29, 1.82) is 0 Å². The summed E-state index contributed by atoms with van der Waals surface area (Å²) in [5, 5.41) is 12.9. The summed E-state index contributed by atoms with van der Waals surface area (Å²) in [6, 6.07) is 3.88. The molecule has 0 aliphatic rings. The second-order valence-corrected chi connectivity index (χ2v) is 6.61. The first-order valence-corrected chi connectivity index (χ1v) is 8.97. The minimum Gasteiger partial charge on any atom is -0.503 e. The normalized spacial score (nSPS) is 13.9. The van der Waals surface area contributed by atoms with Crippen LogP contribution in [0.2, 0.25) is 5.02 Å². The second-order valence-electron chi connectivity index (χ2n) is 6.21. The molecule has 2 N–H and O–H groups in total. The summed E-state index contributed by atoms with van der Waals surface area (Å²) in [6.45, 7) is 5.04. The second kappa shape index (κ2) is 9.36. The van der Waals surface area contributed by atoms with Gasteiger partial charge in [-0.3, -0.25) is 9.78 Å². The molecule has 1 amide bonds. The first kappa shape index (κ1) is 21.4. The quantitative estimate of drug-likeness (QED) is 0.679. The monoisotopic (exact) mass is 407 g/mol. The molecule has 0 aliphatic carbocycles. The summed E-state index contributed by atoms with van der Waals surface area (Å²) in [5.41, 5.74) is 0.368. The van der Waals surface area contributed by atoms with Gasteiger partial charge in [0.15, 0.2) is 17.2 Å². The van der Waals surface area contributed by atoms with E-state index in [2.05, 4.69) is 15.3 Å². The maximum absolute atomic E-state index is 12.4. The molecule has 0 saturated heterocycles. The van der Waals surface area contributed by atoms with Crippen molar-refractivity contribution in [3.8, 4) is 11.5 Å². The van der Waals surface area contributed by atoms with Crippen molar-refractivity contribution in [2.45, 2.75) is 38.8 Å². The molecule has 2 rings (SSSR count). The van der Waals surface area contributed by atoms with Crippen LogP contribution in [0.4, 0.5) is 0 Å². The molecule has 0 bridgehead atoms. The largest absolute Gasteiger partial charge is 0.503 e. The number of esters is 1. The molecule has 0 saturated carbocycles. The van der Waals surface area contributed by atoms with E-state index in [0.717, 1.165) is 0 Å². The molecule has 28 heavy (non-hydrogen) atoms. The summed E-state index contributed by atoms with van der Waals surface area (Å²) >= 11 is 6.14. The van der Waals surface area contributed by atoms with Crippen LogP contribution in [0.3, 0.4) is 0 Å². The van der Waals surface area contributed by atoms with E-state index in [1.807, 2.05) is 6.92 Å². The first-order chi connectivity index (χ1) is 13.3. The summed E-state index contributed by atoms with van der Waals surface area (Å²) in [7, 11) is 1.35. The van der Waals surface area contributed by atoms with E-state index in [1.54, 1.807) is 25.3 Å². The van der Waals surface area contributed by atoms with Crippen molar-refractivity contribution in [3.05, 3.63) is 47.0 Å². The number of ether oxygens (including phenoxy) is 2. The van der Waals surface area contributed by atoms with Crippen LogP contribution < -0.4 is 10.1 Å². The lowest BCUT2D eigenvalue weighted by atomic mass is 10.0. The third-order valence-corrected chi connectivity index (χ3v) is 4.57. The Morgan fingerprint density at radius 1 is 1.18 bits per heavy atom. The molecule has 150 valence electrons. The third kappa shape index (κ3) is 4.89. The van der Waals surface area contributed by atoms with Gasteiger partial charge in [-0.1, -0.05) is 18.5 Å². The Balaban J connectivity index is 2.01. The molecule has 9 heteroatoms. The predicted octanol–water partition coefficient (Wildman–Crippen LogP) is 2.70. The topological polar surface area (TPSA) is 111 Å². The summed E-state index contributed by atoms with van der Waals surface area (Å²) in [4.78, 5) is 32.7. The number of methoxy groups -OCH3 is 1. The van der Waals surface area contributed by atoms with Gasteiger partial charge < -0.3 is 19.9 Å². The number of aromatic nitrogens is 2. The number of nitrogens with one attached hydrogen (secondary N) is 1. The number of carbonyl (C=O) groups excluding carboxylic acids is 2. The number of amides is 1. The Kier molecular flexibility index (Phi) is 7.17. The Hall–Kier alpha value is -2.87. The first-order valence-electron chi connectivity index (χ1n) is 8.60. The average molecular weight is 408 g/mol. The van der Waals surface area contributed by atoms with E-state index in [0.29, 0.717) is 10.7 Å². The highest BCUT2D eigenvalue weighted by Gasteiger charge is 2.26. The van der Waals surface area contributed by atoms with Gasteiger partial charge in [0.2, 0.25) is 0 Å². The van der Waals surface area contributed by atoms with Crippen LogP contribution in [0.5, 0.6) is 11.5 Å². The number of rotatable bonds is 7. The lowest BCUT2D eigenvalue weighted by Gasteiger charge is -2.23. The summed E-state index contributed by atoms with van der Waals surface area (Å²) in [6.07, 6.45) is 2.40. The molecule has 2 aromatic heterocycles. The lowest BCUT2D eigenvalue weighted by molar-refractivity contribution is -0.151. The van der Waals surface area contributed by atoms with Gasteiger partial charge in [0.25, 0.3) is 5.91 Å². The SMILES string of the molecule is COc1ccnc(C(=O)N[C@@H](C)C(=O)O[C@@H](C)[C@@H](C)c2ncccc2Cl)c1O. The Bertz CT molecular complexity index is 861. The Labute approximate surface area is 167 Å². The van der Waals surface area contributed by atoms with Crippen molar-refractivity contribution in [1.82, 2.24) is 15.3 Å². The van der Waals surface area contributed by atoms with Crippen LogP contribution in [-0.2, 0) is 9.53 Å². The summed E-state index contributed by atoms with van der Waals surface area (Å²) < 4.78 is 10.4. The fourth-order valence-electron chi connectivity index (χ4n) is 2.43. The molecule has 0 spiro atoms. The van der Waals surface area contributed by atoms with Crippen LogP contribution in [-0.4, -0.2) is 46.2 Å². The molecule has 0 aromatic carbocycles. The number of halogens is 1. The highest BCUT2D eigenvalue weighted by molar-refractivity contribution is 6.31. The zero-order valence-corrected chi connectivity index (χ0v) is 16.7. The number of aromatic hydroxyl groups is 1. The molecular formula is C19H22ClN3O5. The molecular weight excluding hydrogens is 386 g/mol. The molecule has 2 heterocycles. The van der Waals surface area contributed by atoms with Gasteiger partial charge in [-0.2, -0.15) is 0 Å². The predicted molar refractivity (Wildman–Crippen MR) is 103 cm³/mol. The molecule has 0 unspecified atom stereocenters. The van der Waals surface area contributed by atoms with E-state index < -0.39 is 29.8 Å². The summed E-state index contributed by atoms with van der Waals surface area (Å²) in [5.74, 6) is -1.92. The maximum atomic E-state index is 12.4. The van der Waals surface area contributed by atoms with Crippen molar-refractivity contribution in [2.75, 3.05) is 7.11 Å². The lowest BCUT2D eigenvalue weighted by Crippen LogP contribution is -2.41. The van der Waals surface area contributed by atoms with Crippen LogP contribution in [0.15, 0.2) is 30.6 Å². The van der Waals surface area contributed by atoms with Gasteiger partial charge in [-0.05, 0) is 26.0 Å². The van der Waals surface area contributed by atoms with Crippen molar-refractivity contribution in [3.63, 3.8) is 0 Å².